The molecule has 5 heteroatoms. The van der Waals surface area contributed by atoms with Gasteiger partial charge >= 0.3 is 0 Å². The second kappa shape index (κ2) is 7.63. The summed E-state index contributed by atoms with van der Waals surface area (Å²) >= 11 is 0. The molecule has 0 amide bonds. The first-order valence-electron chi connectivity index (χ1n) is 6.25. The van der Waals surface area contributed by atoms with Crippen LogP contribution in [0, 0.1) is 5.41 Å². The van der Waals surface area contributed by atoms with Crippen LogP contribution in [0.15, 0.2) is 18.2 Å². The Hall–Kier alpha value is -1.75. The molecule has 0 saturated carbocycles. The Kier molecular flexibility index (Phi) is 6.15. The van der Waals surface area contributed by atoms with Crippen molar-refractivity contribution in [2.75, 3.05) is 41.0 Å². The van der Waals surface area contributed by atoms with E-state index in [0.29, 0.717) is 30.3 Å². The number of nitrogens with one attached hydrogen (secondary N) is 1. The highest BCUT2D eigenvalue weighted by Crippen LogP contribution is 2.25. The van der Waals surface area contributed by atoms with Crippen molar-refractivity contribution in [3.8, 4) is 11.5 Å². The van der Waals surface area contributed by atoms with Crippen molar-refractivity contribution in [2.24, 2.45) is 0 Å². The Labute approximate surface area is 114 Å². The highest BCUT2D eigenvalue weighted by atomic mass is 16.5. The number of benzene rings is 1. The lowest BCUT2D eigenvalue weighted by molar-refractivity contribution is 0.258. The van der Waals surface area contributed by atoms with Gasteiger partial charge in [0.25, 0.3) is 0 Å². The monoisotopic (exact) mass is 266 g/mol. The minimum Gasteiger partial charge on any atom is -0.497 e. The van der Waals surface area contributed by atoms with Gasteiger partial charge in [-0.1, -0.05) is 0 Å². The van der Waals surface area contributed by atoms with Gasteiger partial charge in [-0.3, -0.25) is 5.41 Å². The first-order valence-corrected chi connectivity index (χ1v) is 6.25. The summed E-state index contributed by atoms with van der Waals surface area (Å²) in [6, 6.07) is 5.35. The van der Waals surface area contributed by atoms with Gasteiger partial charge in [-0.2, -0.15) is 0 Å². The second-order valence-electron chi connectivity index (χ2n) is 4.28. The van der Waals surface area contributed by atoms with Crippen LogP contribution < -0.4 is 9.47 Å². The quantitative estimate of drug-likeness (QED) is 0.606. The average Bonchev–Trinajstić information content (AvgIpc) is 2.38. The number of hydrogen-bond acceptors (Lipinski definition) is 5. The Bertz CT molecular complexity index is 419. The summed E-state index contributed by atoms with van der Waals surface area (Å²) in [5.74, 6) is 1.43. The minimum absolute atomic E-state index is 0.116. The van der Waals surface area contributed by atoms with Crippen molar-refractivity contribution < 1.29 is 14.2 Å². The van der Waals surface area contributed by atoms with E-state index in [1.54, 1.807) is 25.3 Å². The first kappa shape index (κ1) is 15.3. The molecule has 0 fully saturated rings. The lowest BCUT2D eigenvalue weighted by atomic mass is 10.2. The van der Waals surface area contributed by atoms with Crippen LogP contribution in [-0.4, -0.2) is 51.8 Å². The van der Waals surface area contributed by atoms with Gasteiger partial charge in [0.05, 0.1) is 19.3 Å². The fourth-order valence-electron chi connectivity index (χ4n) is 1.50. The summed E-state index contributed by atoms with van der Waals surface area (Å²) in [6.45, 7) is 3.66. The molecule has 0 aliphatic heterocycles. The highest BCUT2D eigenvalue weighted by molar-refractivity contribution is 5.94. The number of methoxy groups -OCH3 is 1. The largest absolute Gasteiger partial charge is 0.497 e. The fraction of sp³-hybridized carbons (Fsp3) is 0.500. The molecule has 19 heavy (non-hydrogen) atoms. The molecule has 0 unspecified atom stereocenters. The third-order valence-corrected chi connectivity index (χ3v) is 2.52. The third-order valence-electron chi connectivity index (χ3n) is 2.52. The highest BCUT2D eigenvalue weighted by Gasteiger charge is 2.12. The van der Waals surface area contributed by atoms with Crippen LogP contribution >= 0.6 is 0 Å². The van der Waals surface area contributed by atoms with Gasteiger partial charge in [0.2, 0.25) is 5.90 Å². The van der Waals surface area contributed by atoms with E-state index in [1.165, 1.54) is 0 Å². The van der Waals surface area contributed by atoms with E-state index in [1.807, 2.05) is 25.9 Å². The molecule has 1 N–H and O–H groups in total. The van der Waals surface area contributed by atoms with Crippen LogP contribution in [-0.2, 0) is 4.74 Å². The Morgan fingerprint density at radius 2 is 2.05 bits per heavy atom. The zero-order valence-corrected chi connectivity index (χ0v) is 12.0. The van der Waals surface area contributed by atoms with Gasteiger partial charge in [-0.05, 0) is 33.2 Å². The maximum absolute atomic E-state index is 7.86. The van der Waals surface area contributed by atoms with Gasteiger partial charge in [0.1, 0.15) is 18.1 Å². The Morgan fingerprint density at radius 1 is 1.32 bits per heavy atom. The van der Waals surface area contributed by atoms with Crippen molar-refractivity contribution in [3.63, 3.8) is 0 Å². The number of hydrogen-bond donors (Lipinski definition) is 1. The van der Waals surface area contributed by atoms with Crippen molar-refractivity contribution in [1.82, 2.24) is 4.90 Å². The first-order chi connectivity index (χ1) is 9.08. The molecule has 106 valence electrons. The fourth-order valence-corrected chi connectivity index (χ4v) is 1.50. The molecule has 1 rings (SSSR count). The molecule has 0 atom stereocenters. The molecule has 0 heterocycles. The van der Waals surface area contributed by atoms with Gasteiger partial charge in [-0.25, -0.2) is 0 Å². The molecule has 0 saturated heterocycles. The summed E-state index contributed by atoms with van der Waals surface area (Å²) in [6.07, 6.45) is 0. The van der Waals surface area contributed by atoms with E-state index in [2.05, 4.69) is 0 Å². The van der Waals surface area contributed by atoms with Crippen molar-refractivity contribution in [2.45, 2.75) is 6.92 Å². The summed E-state index contributed by atoms with van der Waals surface area (Å²) in [4.78, 5) is 2.04. The van der Waals surface area contributed by atoms with Crippen molar-refractivity contribution in [1.29, 1.82) is 5.41 Å². The SMILES string of the molecule is CCOC(=N)c1ccc(OC)cc1OCCN(C)C. The average molecular weight is 266 g/mol. The number of nitrogens with zero attached hydrogens (tertiary/aromatic N) is 1. The molecule has 0 aliphatic rings. The van der Waals surface area contributed by atoms with E-state index in [-0.39, 0.29) is 5.90 Å². The number of rotatable bonds is 7. The molecule has 0 spiro atoms. The van der Waals surface area contributed by atoms with Gasteiger partial charge in [0, 0.05) is 12.6 Å². The number of likely N-dealkylation sites (N-methyl/N-ethyl adjacent to an activating group) is 1. The second-order valence-corrected chi connectivity index (χ2v) is 4.28. The lowest BCUT2D eigenvalue weighted by Crippen LogP contribution is -2.20. The van der Waals surface area contributed by atoms with E-state index >= 15 is 0 Å². The van der Waals surface area contributed by atoms with E-state index < -0.39 is 0 Å². The van der Waals surface area contributed by atoms with Crippen molar-refractivity contribution in [3.05, 3.63) is 23.8 Å². The molecule has 0 aromatic heterocycles. The summed E-state index contributed by atoms with van der Waals surface area (Å²) in [5, 5.41) is 7.86. The van der Waals surface area contributed by atoms with Gasteiger partial charge in [-0.15, -0.1) is 0 Å². The maximum Gasteiger partial charge on any atom is 0.217 e. The van der Waals surface area contributed by atoms with Crippen molar-refractivity contribution >= 4 is 5.90 Å². The summed E-state index contributed by atoms with van der Waals surface area (Å²) in [7, 11) is 5.57. The maximum atomic E-state index is 7.86. The molecule has 0 radical (unpaired) electrons. The predicted octanol–water partition coefficient (Wildman–Crippen LogP) is 2.00. The zero-order valence-electron chi connectivity index (χ0n) is 12.0. The van der Waals surface area contributed by atoms with E-state index in [9.17, 15) is 0 Å². The summed E-state index contributed by atoms with van der Waals surface area (Å²) < 4.78 is 16.1. The molecule has 5 nitrogen and oxygen atoms in total. The van der Waals surface area contributed by atoms with Gasteiger partial charge in [0.15, 0.2) is 0 Å². The smallest absolute Gasteiger partial charge is 0.217 e. The van der Waals surface area contributed by atoms with Crippen LogP contribution in [0.25, 0.3) is 0 Å². The summed E-state index contributed by atoms with van der Waals surface area (Å²) in [5.41, 5.74) is 0.640. The van der Waals surface area contributed by atoms with Crippen LogP contribution in [0.5, 0.6) is 11.5 Å². The van der Waals surface area contributed by atoms with Crippen LogP contribution in [0.3, 0.4) is 0 Å². The minimum atomic E-state index is 0.116. The van der Waals surface area contributed by atoms with Gasteiger partial charge < -0.3 is 19.1 Å². The molecule has 0 aliphatic carbocycles. The lowest BCUT2D eigenvalue weighted by Gasteiger charge is -2.15. The normalized spacial score (nSPS) is 10.4. The molecule has 0 bridgehead atoms. The van der Waals surface area contributed by atoms with E-state index in [4.69, 9.17) is 19.6 Å². The topological polar surface area (TPSA) is 54.8 Å². The molecular weight excluding hydrogens is 244 g/mol. The molecule has 1 aromatic carbocycles. The van der Waals surface area contributed by atoms with E-state index in [0.717, 1.165) is 6.54 Å². The standard InChI is InChI=1S/C14H22N2O3/c1-5-18-14(15)12-7-6-11(17-4)10-13(12)19-9-8-16(2)3/h6-7,10,15H,5,8-9H2,1-4H3. The van der Waals surface area contributed by atoms with Crippen LogP contribution in [0.4, 0.5) is 0 Å². The Balaban J connectivity index is 2.86. The molecule has 1 aromatic rings. The zero-order chi connectivity index (χ0) is 14.3. The predicted molar refractivity (Wildman–Crippen MR) is 75.5 cm³/mol. The molecular formula is C14H22N2O3. The third kappa shape index (κ3) is 4.79. The van der Waals surface area contributed by atoms with Crippen LogP contribution in [0.1, 0.15) is 12.5 Å². The Morgan fingerprint density at radius 3 is 2.63 bits per heavy atom. The van der Waals surface area contributed by atoms with Crippen LogP contribution in [0.2, 0.25) is 0 Å². The number of ether oxygens (including phenoxy) is 3.